The second-order valence-electron chi connectivity index (χ2n) is 4.16. The Bertz CT molecular complexity index is 149. The molecule has 2 unspecified atom stereocenters. The molecule has 0 aromatic carbocycles. The summed E-state index contributed by atoms with van der Waals surface area (Å²) < 4.78 is 2.55. The first-order chi connectivity index (χ1) is 5.90. The summed E-state index contributed by atoms with van der Waals surface area (Å²) in [6.07, 6.45) is 9.69. The number of rotatable bonds is 1. The summed E-state index contributed by atoms with van der Waals surface area (Å²) in [5.41, 5.74) is 0. The van der Waals surface area contributed by atoms with Crippen LogP contribution < -0.4 is 0 Å². The molecule has 0 amide bonds. The molecule has 0 spiro atoms. The van der Waals surface area contributed by atoms with Crippen LogP contribution >= 0.6 is 11.9 Å². The van der Waals surface area contributed by atoms with Crippen LogP contribution in [0, 0.1) is 11.8 Å². The Kier molecular flexibility index (Phi) is 2.97. The van der Waals surface area contributed by atoms with E-state index in [9.17, 15) is 0 Å². The van der Waals surface area contributed by atoms with Gasteiger partial charge in [0.1, 0.15) is 0 Å². The summed E-state index contributed by atoms with van der Waals surface area (Å²) in [5, 5.41) is 0. The minimum Gasteiger partial charge on any atom is -0.251 e. The van der Waals surface area contributed by atoms with E-state index in [1.54, 1.807) is 0 Å². The van der Waals surface area contributed by atoms with Crippen LogP contribution in [0.1, 0.15) is 32.1 Å². The minimum absolute atomic E-state index is 1.04. The smallest absolute Gasteiger partial charge is 0.0120 e. The summed E-state index contributed by atoms with van der Waals surface area (Å²) in [7, 11) is 0. The first-order valence-corrected chi connectivity index (χ1v) is 6.37. The fraction of sp³-hybridized carbons (Fsp3) is 1.00. The standard InChI is InChI=1S/C10H19NS/c1-12-11-7-6-9-4-2-3-5-10(9)8-11/h9-10H,2-8H2,1H3. The van der Waals surface area contributed by atoms with Crippen molar-refractivity contribution in [3.05, 3.63) is 0 Å². The molecule has 2 aliphatic rings. The Morgan fingerprint density at radius 3 is 2.58 bits per heavy atom. The van der Waals surface area contributed by atoms with E-state index in [0.717, 1.165) is 11.8 Å². The zero-order chi connectivity index (χ0) is 8.39. The largest absolute Gasteiger partial charge is 0.251 e. The second-order valence-corrected chi connectivity index (χ2v) is 5.05. The van der Waals surface area contributed by atoms with Gasteiger partial charge in [0.25, 0.3) is 0 Å². The number of piperidine rings is 1. The number of hydrogen-bond acceptors (Lipinski definition) is 2. The predicted molar refractivity (Wildman–Crippen MR) is 55.2 cm³/mol. The third-order valence-corrected chi connectivity index (χ3v) is 4.36. The van der Waals surface area contributed by atoms with Crippen molar-refractivity contribution < 1.29 is 0 Å². The number of fused-ring (bicyclic) bond motifs is 1. The predicted octanol–water partition coefficient (Wildman–Crippen LogP) is 2.78. The summed E-state index contributed by atoms with van der Waals surface area (Å²) in [6.45, 7) is 2.70. The van der Waals surface area contributed by atoms with Gasteiger partial charge in [-0.05, 0) is 30.9 Å². The van der Waals surface area contributed by atoms with Gasteiger partial charge in [-0.15, -0.1) is 0 Å². The van der Waals surface area contributed by atoms with Gasteiger partial charge >= 0.3 is 0 Å². The molecular weight excluding hydrogens is 166 g/mol. The third kappa shape index (κ3) is 1.80. The molecule has 1 aliphatic heterocycles. The lowest BCUT2D eigenvalue weighted by Crippen LogP contribution is -2.38. The molecule has 0 aromatic heterocycles. The zero-order valence-electron chi connectivity index (χ0n) is 7.96. The van der Waals surface area contributed by atoms with Gasteiger partial charge in [0.05, 0.1) is 0 Å². The summed E-state index contributed by atoms with van der Waals surface area (Å²) in [5.74, 6) is 2.13. The van der Waals surface area contributed by atoms with E-state index in [-0.39, 0.29) is 0 Å². The Balaban J connectivity index is 1.90. The van der Waals surface area contributed by atoms with Gasteiger partial charge < -0.3 is 0 Å². The Labute approximate surface area is 80.0 Å². The van der Waals surface area contributed by atoms with Crippen LogP contribution in [0.3, 0.4) is 0 Å². The first-order valence-electron chi connectivity index (χ1n) is 5.19. The number of nitrogens with zero attached hydrogens (tertiary/aromatic N) is 1. The fourth-order valence-corrected chi connectivity index (χ4v) is 3.36. The first kappa shape index (κ1) is 8.89. The quantitative estimate of drug-likeness (QED) is 0.578. The highest BCUT2D eigenvalue weighted by atomic mass is 32.2. The highest BCUT2D eigenvalue weighted by Gasteiger charge is 2.30. The SMILES string of the molecule is CSN1CCC2CCCCC2C1. The lowest BCUT2D eigenvalue weighted by molar-refractivity contribution is 0.143. The van der Waals surface area contributed by atoms with Crippen molar-refractivity contribution in [1.29, 1.82) is 0 Å². The van der Waals surface area contributed by atoms with Crippen molar-refractivity contribution in [1.82, 2.24) is 4.31 Å². The molecule has 2 heteroatoms. The molecular formula is C10H19NS. The topological polar surface area (TPSA) is 3.24 Å². The monoisotopic (exact) mass is 185 g/mol. The molecule has 1 saturated heterocycles. The van der Waals surface area contributed by atoms with Gasteiger partial charge in [-0.1, -0.05) is 31.2 Å². The molecule has 1 nitrogen and oxygen atoms in total. The Morgan fingerprint density at radius 1 is 1.08 bits per heavy atom. The lowest BCUT2D eigenvalue weighted by Gasteiger charge is -2.40. The second kappa shape index (κ2) is 4.01. The van der Waals surface area contributed by atoms with Crippen LogP contribution in [-0.2, 0) is 0 Å². The van der Waals surface area contributed by atoms with Crippen LogP contribution in [0.4, 0.5) is 0 Å². The summed E-state index contributed by atoms with van der Waals surface area (Å²) >= 11 is 1.93. The molecule has 2 atom stereocenters. The Morgan fingerprint density at radius 2 is 1.83 bits per heavy atom. The maximum atomic E-state index is 2.55. The maximum Gasteiger partial charge on any atom is 0.0120 e. The molecule has 70 valence electrons. The molecule has 1 aliphatic carbocycles. The van der Waals surface area contributed by atoms with Gasteiger partial charge in [0, 0.05) is 13.1 Å². The number of hydrogen-bond donors (Lipinski definition) is 0. The highest BCUT2D eigenvalue weighted by molar-refractivity contribution is 7.96. The van der Waals surface area contributed by atoms with E-state index in [1.807, 2.05) is 11.9 Å². The molecule has 2 fully saturated rings. The van der Waals surface area contributed by atoms with E-state index in [4.69, 9.17) is 0 Å². The van der Waals surface area contributed by atoms with Crippen molar-refractivity contribution in [3.8, 4) is 0 Å². The van der Waals surface area contributed by atoms with Crippen LogP contribution in [-0.4, -0.2) is 23.7 Å². The van der Waals surface area contributed by atoms with Crippen molar-refractivity contribution in [2.45, 2.75) is 32.1 Å². The Hall–Kier alpha value is 0.310. The highest BCUT2D eigenvalue weighted by Crippen LogP contribution is 2.37. The van der Waals surface area contributed by atoms with Gasteiger partial charge in [0.2, 0.25) is 0 Å². The zero-order valence-corrected chi connectivity index (χ0v) is 8.78. The van der Waals surface area contributed by atoms with E-state index in [1.165, 1.54) is 45.2 Å². The molecule has 0 aromatic rings. The molecule has 0 N–H and O–H groups in total. The van der Waals surface area contributed by atoms with Crippen LogP contribution in [0.5, 0.6) is 0 Å². The molecule has 0 bridgehead atoms. The van der Waals surface area contributed by atoms with Crippen LogP contribution in [0.25, 0.3) is 0 Å². The van der Waals surface area contributed by atoms with Crippen LogP contribution in [0.2, 0.25) is 0 Å². The van der Waals surface area contributed by atoms with Gasteiger partial charge in [-0.3, -0.25) is 4.31 Å². The van der Waals surface area contributed by atoms with Crippen molar-refractivity contribution >= 4 is 11.9 Å². The van der Waals surface area contributed by atoms with Crippen molar-refractivity contribution in [3.63, 3.8) is 0 Å². The van der Waals surface area contributed by atoms with Gasteiger partial charge in [0.15, 0.2) is 0 Å². The molecule has 2 rings (SSSR count). The summed E-state index contributed by atoms with van der Waals surface area (Å²) in [4.78, 5) is 0. The fourth-order valence-electron chi connectivity index (χ4n) is 2.73. The maximum absolute atomic E-state index is 2.55. The van der Waals surface area contributed by atoms with Crippen molar-refractivity contribution in [2.24, 2.45) is 11.8 Å². The van der Waals surface area contributed by atoms with E-state index in [2.05, 4.69) is 10.6 Å². The molecule has 1 saturated carbocycles. The van der Waals surface area contributed by atoms with E-state index in [0.29, 0.717) is 0 Å². The lowest BCUT2D eigenvalue weighted by atomic mass is 9.76. The van der Waals surface area contributed by atoms with Crippen molar-refractivity contribution in [2.75, 3.05) is 19.3 Å². The van der Waals surface area contributed by atoms with Gasteiger partial charge in [-0.25, -0.2) is 0 Å². The third-order valence-electron chi connectivity index (χ3n) is 3.51. The minimum atomic E-state index is 1.04. The average molecular weight is 185 g/mol. The summed E-state index contributed by atoms with van der Waals surface area (Å²) in [6, 6.07) is 0. The van der Waals surface area contributed by atoms with E-state index >= 15 is 0 Å². The van der Waals surface area contributed by atoms with Crippen LogP contribution in [0.15, 0.2) is 0 Å². The molecule has 0 radical (unpaired) electrons. The van der Waals surface area contributed by atoms with E-state index < -0.39 is 0 Å². The normalized spacial score (nSPS) is 37.8. The van der Waals surface area contributed by atoms with Gasteiger partial charge in [-0.2, -0.15) is 0 Å². The molecule has 1 heterocycles. The molecule has 12 heavy (non-hydrogen) atoms. The average Bonchev–Trinajstić information content (AvgIpc) is 2.17.